The number of benzene rings is 1. The molecule has 0 saturated carbocycles. The van der Waals surface area contributed by atoms with Gasteiger partial charge in [0.2, 0.25) is 0 Å². The largest absolute Gasteiger partial charge is 0.441 e. The van der Waals surface area contributed by atoms with E-state index in [4.69, 9.17) is 16.0 Å². The van der Waals surface area contributed by atoms with E-state index in [1.54, 1.807) is 12.1 Å². The Morgan fingerprint density at radius 2 is 2.29 bits per heavy atom. The van der Waals surface area contributed by atoms with Crippen LogP contribution in [0.4, 0.5) is 4.39 Å². The van der Waals surface area contributed by atoms with Crippen LogP contribution in [0.15, 0.2) is 28.8 Å². The molecule has 5 heteroatoms. The van der Waals surface area contributed by atoms with Crippen molar-refractivity contribution in [2.75, 3.05) is 13.6 Å². The highest BCUT2D eigenvalue weighted by Crippen LogP contribution is 2.30. The summed E-state index contributed by atoms with van der Waals surface area (Å²) in [7, 11) is 1.84. The van der Waals surface area contributed by atoms with Gasteiger partial charge in [0.1, 0.15) is 5.82 Å². The second-order valence-corrected chi connectivity index (χ2v) is 3.98. The van der Waals surface area contributed by atoms with Gasteiger partial charge in [0, 0.05) is 13.0 Å². The summed E-state index contributed by atoms with van der Waals surface area (Å²) >= 11 is 5.94. The normalized spacial score (nSPS) is 10.8. The van der Waals surface area contributed by atoms with Gasteiger partial charge < -0.3 is 9.73 Å². The summed E-state index contributed by atoms with van der Waals surface area (Å²) in [4.78, 5) is 4.08. The summed E-state index contributed by atoms with van der Waals surface area (Å²) in [6.07, 6.45) is 2.15. The van der Waals surface area contributed by atoms with Gasteiger partial charge in [-0.05, 0) is 19.2 Å². The molecule has 0 atom stereocenters. The zero-order chi connectivity index (χ0) is 12.3. The van der Waals surface area contributed by atoms with E-state index in [0.717, 1.165) is 6.54 Å². The monoisotopic (exact) mass is 254 g/mol. The third kappa shape index (κ3) is 2.65. The third-order valence-electron chi connectivity index (χ3n) is 2.35. The summed E-state index contributed by atoms with van der Waals surface area (Å²) in [6.45, 7) is 0.755. The Hall–Kier alpha value is -1.39. The smallest absolute Gasteiger partial charge is 0.196 e. The maximum atomic E-state index is 13.6. The van der Waals surface area contributed by atoms with Gasteiger partial charge in [-0.2, -0.15) is 0 Å². The first-order valence-electron chi connectivity index (χ1n) is 5.26. The Labute approximate surface area is 104 Å². The number of likely N-dealkylation sites (N-methyl/N-ethyl adjacent to an activating group) is 1. The molecule has 17 heavy (non-hydrogen) atoms. The first-order chi connectivity index (χ1) is 8.22. The van der Waals surface area contributed by atoms with Gasteiger partial charge in [-0.3, -0.25) is 0 Å². The van der Waals surface area contributed by atoms with E-state index in [-0.39, 0.29) is 5.56 Å². The van der Waals surface area contributed by atoms with E-state index in [1.807, 2.05) is 7.05 Å². The molecule has 1 aromatic carbocycles. The molecule has 0 unspecified atom stereocenters. The molecular formula is C12H12ClFN2O. The molecule has 0 bridgehead atoms. The number of hydrogen-bond acceptors (Lipinski definition) is 3. The van der Waals surface area contributed by atoms with E-state index >= 15 is 0 Å². The predicted octanol–water partition coefficient (Wildman–Crippen LogP) is 2.90. The van der Waals surface area contributed by atoms with Crippen molar-refractivity contribution in [1.82, 2.24) is 10.3 Å². The Kier molecular flexibility index (Phi) is 3.76. The zero-order valence-corrected chi connectivity index (χ0v) is 10.1. The van der Waals surface area contributed by atoms with Crippen LogP contribution in [-0.4, -0.2) is 18.6 Å². The van der Waals surface area contributed by atoms with Crippen LogP contribution in [-0.2, 0) is 6.42 Å². The highest BCUT2D eigenvalue weighted by molar-refractivity contribution is 6.33. The minimum Gasteiger partial charge on any atom is -0.441 e. The topological polar surface area (TPSA) is 38.1 Å². The van der Waals surface area contributed by atoms with E-state index in [1.165, 1.54) is 12.3 Å². The molecule has 0 amide bonds. The molecule has 2 rings (SSSR count). The summed E-state index contributed by atoms with van der Waals surface area (Å²) in [5.74, 6) is 0.515. The van der Waals surface area contributed by atoms with Gasteiger partial charge in [0.25, 0.3) is 0 Å². The van der Waals surface area contributed by atoms with Crippen LogP contribution in [0.5, 0.6) is 0 Å². The molecule has 0 aliphatic carbocycles. The molecule has 0 saturated heterocycles. The van der Waals surface area contributed by atoms with Crippen LogP contribution in [0.3, 0.4) is 0 Å². The summed E-state index contributed by atoms with van der Waals surface area (Å²) < 4.78 is 19.1. The lowest BCUT2D eigenvalue weighted by Crippen LogP contribution is -2.10. The van der Waals surface area contributed by atoms with Gasteiger partial charge >= 0.3 is 0 Å². The van der Waals surface area contributed by atoms with Crippen molar-refractivity contribution in [1.29, 1.82) is 0 Å². The van der Waals surface area contributed by atoms with Crippen molar-refractivity contribution in [2.24, 2.45) is 0 Å². The number of rotatable bonds is 4. The van der Waals surface area contributed by atoms with Gasteiger partial charge in [0.15, 0.2) is 11.7 Å². The number of nitrogens with one attached hydrogen (secondary N) is 1. The molecule has 0 radical (unpaired) electrons. The summed E-state index contributed by atoms with van der Waals surface area (Å²) in [5.41, 5.74) is 0.261. The lowest BCUT2D eigenvalue weighted by Gasteiger charge is -2.01. The van der Waals surface area contributed by atoms with Crippen LogP contribution in [0.2, 0.25) is 5.02 Å². The molecule has 0 aliphatic heterocycles. The van der Waals surface area contributed by atoms with Gasteiger partial charge in [-0.1, -0.05) is 17.7 Å². The fourth-order valence-electron chi connectivity index (χ4n) is 1.51. The summed E-state index contributed by atoms with van der Waals surface area (Å²) in [5, 5.41) is 3.31. The number of oxazole rings is 1. The standard InChI is InChI=1S/C12H12ClFN2O/c1-15-6-5-11-16-7-10(17-11)12-8(13)3-2-4-9(12)14/h2-4,7,15H,5-6H2,1H3. The molecule has 1 aromatic heterocycles. The van der Waals surface area contributed by atoms with Crippen LogP contribution >= 0.6 is 11.6 Å². The molecule has 0 fully saturated rings. The van der Waals surface area contributed by atoms with E-state index in [9.17, 15) is 4.39 Å². The predicted molar refractivity (Wildman–Crippen MR) is 64.5 cm³/mol. The quantitative estimate of drug-likeness (QED) is 0.912. The zero-order valence-electron chi connectivity index (χ0n) is 9.34. The maximum absolute atomic E-state index is 13.6. The summed E-state index contributed by atoms with van der Waals surface area (Å²) in [6, 6.07) is 4.52. The van der Waals surface area contributed by atoms with Gasteiger partial charge in [0.05, 0.1) is 16.8 Å². The Bertz CT molecular complexity index is 493. The molecule has 0 spiro atoms. The van der Waals surface area contributed by atoms with E-state index < -0.39 is 5.82 Å². The minimum absolute atomic E-state index is 0.261. The van der Waals surface area contributed by atoms with Crippen molar-refractivity contribution in [3.8, 4) is 11.3 Å². The third-order valence-corrected chi connectivity index (χ3v) is 2.67. The SMILES string of the molecule is CNCCc1ncc(-c2c(F)cccc2Cl)o1. The molecular weight excluding hydrogens is 243 g/mol. The van der Waals surface area contributed by atoms with Crippen molar-refractivity contribution < 1.29 is 8.81 Å². The first kappa shape index (κ1) is 12.1. The second-order valence-electron chi connectivity index (χ2n) is 3.57. The lowest BCUT2D eigenvalue weighted by atomic mass is 10.2. The molecule has 0 aliphatic rings. The molecule has 1 N–H and O–H groups in total. The Balaban J connectivity index is 2.30. The fraction of sp³-hybridized carbons (Fsp3) is 0.250. The molecule has 3 nitrogen and oxygen atoms in total. The Morgan fingerprint density at radius 3 is 3.00 bits per heavy atom. The molecule has 2 aromatic rings. The van der Waals surface area contributed by atoms with Crippen molar-refractivity contribution >= 4 is 11.6 Å². The van der Waals surface area contributed by atoms with Crippen LogP contribution in [0.25, 0.3) is 11.3 Å². The lowest BCUT2D eigenvalue weighted by molar-refractivity contribution is 0.497. The van der Waals surface area contributed by atoms with Gasteiger partial charge in [-0.15, -0.1) is 0 Å². The average Bonchev–Trinajstić information content (AvgIpc) is 2.75. The van der Waals surface area contributed by atoms with Crippen molar-refractivity contribution in [2.45, 2.75) is 6.42 Å². The maximum Gasteiger partial charge on any atom is 0.196 e. The number of hydrogen-bond donors (Lipinski definition) is 1. The van der Waals surface area contributed by atoms with Gasteiger partial charge in [-0.25, -0.2) is 9.37 Å². The van der Waals surface area contributed by atoms with Crippen molar-refractivity contribution in [3.05, 3.63) is 41.1 Å². The Morgan fingerprint density at radius 1 is 1.47 bits per heavy atom. The number of nitrogens with zero attached hydrogens (tertiary/aromatic N) is 1. The number of aromatic nitrogens is 1. The number of halogens is 2. The highest BCUT2D eigenvalue weighted by atomic mass is 35.5. The molecule has 1 heterocycles. The average molecular weight is 255 g/mol. The highest BCUT2D eigenvalue weighted by Gasteiger charge is 2.14. The minimum atomic E-state index is -0.409. The van der Waals surface area contributed by atoms with Crippen LogP contribution in [0, 0.1) is 5.82 Å². The molecule has 90 valence electrons. The van der Waals surface area contributed by atoms with Crippen molar-refractivity contribution in [3.63, 3.8) is 0 Å². The first-order valence-corrected chi connectivity index (χ1v) is 5.64. The second kappa shape index (κ2) is 5.29. The van der Waals surface area contributed by atoms with Crippen LogP contribution in [0.1, 0.15) is 5.89 Å². The van der Waals surface area contributed by atoms with Crippen LogP contribution < -0.4 is 5.32 Å². The van der Waals surface area contributed by atoms with E-state index in [0.29, 0.717) is 23.1 Å². The van der Waals surface area contributed by atoms with E-state index in [2.05, 4.69) is 10.3 Å². The fourth-order valence-corrected chi connectivity index (χ4v) is 1.76.